The van der Waals surface area contributed by atoms with Gasteiger partial charge in [0.2, 0.25) is 6.29 Å². The molecular formula is C21H21NO6. The first-order chi connectivity index (χ1) is 13.5. The van der Waals surface area contributed by atoms with E-state index >= 15 is 0 Å². The van der Waals surface area contributed by atoms with E-state index in [9.17, 15) is 14.7 Å². The summed E-state index contributed by atoms with van der Waals surface area (Å²) in [5.74, 6) is -1.35. The molecule has 1 heterocycles. The number of aromatic hydroxyl groups is 1. The third kappa shape index (κ3) is 4.15. The van der Waals surface area contributed by atoms with E-state index in [2.05, 4.69) is 5.32 Å². The highest BCUT2D eigenvalue weighted by molar-refractivity contribution is 6.12. The summed E-state index contributed by atoms with van der Waals surface area (Å²) in [5, 5.41) is 21.6. The Bertz CT molecular complexity index is 921. The molecule has 0 fully saturated rings. The van der Waals surface area contributed by atoms with Crippen LogP contribution in [0.5, 0.6) is 11.5 Å². The maximum Gasteiger partial charge on any atom is 0.339 e. The fourth-order valence-electron chi connectivity index (χ4n) is 2.75. The molecule has 0 aliphatic carbocycles. The number of fused-ring (bicyclic) bond motifs is 1. The number of aromatic carboxylic acids is 1. The Balaban J connectivity index is 1.88. The fraction of sp³-hybridized carbons (Fsp3) is 0.238. The zero-order valence-corrected chi connectivity index (χ0v) is 15.3. The van der Waals surface area contributed by atoms with Gasteiger partial charge in [-0.15, -0.1) is 0 Å². The summed E-state index contributed by atoms with van der Waals surface area (Å²) in [6.45, 7) is 2.48. The Labute approximate surface area is 162 Å². The topological polar surface area (TPSA) is 105 Å². The molecule has 0 bridgehead atoms. The van der Waals surface area contributed by atoms with Crippen molar-refractivity contribution in [3.8, 4) is 11.5 Å². The number of carboxylic acid groups (broad SMARTS) is 1. The second kappa shape index (κ2) is 8.58. The summed E-state index contributed by atoms with van der Waals surface area (Å²) in [4.78, 5) is 24.1. The number of unbranched alkanes of at least 4 members (excludes halogenated alkanes) is 1. The predicted octanol–water partition coefficient (Wildman–Crippen LogP) is 3.80. The first kappa shape index (κ1) is 19.4. The van der Waals surface area contributed by atoms with E-state index in [0.717, 1.165) is 12.8 Å². The van der Waals surface area contributed by atoms with Crippen LogP contribution in [0.2, 0.25) is 0 Å². The SMILES string of the molecule is CCCCO[C@H]1Oc2ccccc2C(=O)/C1=C/Nc1ccc(O)c(C(=O)O)c1. The van der Waals surface area contributed by atoms with Gasteiger partial charge >= 0.3 is 5.97 Å². The Morgan fingerprint density at radius 3 is 2.82 bits per heavy atom. The van der Waals surface area contributed by atoms with Crippen LogP contribution in [-0.2, 0) is 4.74 Å². The highest BCUT2D eigenvalue weighted by atomic mass is 16.7. The Hall–Kier alpha value is -3.32. The van der Waals surface area contributed by atoms with Crippen LogP contribution in [0.1, 0.15) is 40.5 Å². The van der Waals surface area contributed by atoms with E-state index in [1.165, 1.54) is 24.4 Å². The Kier molecular flexibility index (Phi) is 5.96. The van der Waals surface area contributed by atoms with Crippen LogP contribution in [0, 0.1) is 0 Å². The lowest BCUT2D eigenvalue weighted by molar-refractivity contribution is -0.0570. The van der Waals surface area contributed by atoms with E-state index in [1.54, 1.807) is 24.3 Å². The number of ketones is 1. The van der Waals surface area contributed by atoms with Crippen molar-refractivity contribution in [2.24, 2.45) is 0 Å². The maximum atomic E-state index is 12.9. The number of ether oxygens (including phenoxy) is 2. The van der Waals surface area contributed by atoms with Crippen molar-refractivity contribution < 1.29 is 29.3 Å². The Morgan fingerprint density at radius 2 is 2.07 bits per heavy atom. The number of carbonyl (C=O) groups excluding carboxylic acids is 1. The zero-order chi connectivity index (χ0) is 20.1. The number of hydrogen-bond donors (Lipinski definition) is 3. The number of para-hydroxylation sites is 1. The largest absolute Gasteiger partial charge is 0.507 e. The van der Waals surface area contributed by atoms with Gasteiger partial charge in [-0.25, -0.2) is 4.79 Å². The molecule has 7 heteroatoms. The highest BCUT2D eigenvalue weighted by Crippen LogP contribution is 2.31. The zero-order valence-electron chi connectivity index (χ0n) is 15.3. The lowest BCUT2D eigenvalue weighted by Gasteiger charge is -2.27. The Morgan fingerprint density at radius 1 is 1.29 bits per heavy atom. The van der Waals surface area contributed by atoms with Gasteiger partial charge < -0.3 is 25.0 Å². The van der Waals surface area contributed by atoms with Crippen LogP contribution in [0.3, 0.4) is 0 Å². The second-order valence-electron chi connectivity index (χ2n) is 6.28. The molecule has 2 aromatic rings. The number of phenols is 1. The highest BCUT2D eigenvalue weighted by Gasteiger charge is 2.32. The quantitative estimate of drug-likeness (QED) is 0.379. The minimum Gasteiger partial charge on any atom is -0.507 e. The number of benzene rings is 2. The van der Waals surface area contributed by atoms with E-state index in [1.807, 2.05) is 6.92 Å². The van der Waals surface area contributed by atoms with Gasteiger partial charge in [-0.3, -0.25) is 4.79 Å². The minimum atomic E-state index is -1.25. The van der Waals surface area contributed by atoms with Crippen molar-refractivity contribution in [3.63, 3.8) is 0 Å². The molecule has 1 atom stereocenters. The number of anilines is 1. The van der Waals surface area contributed by atoms with E-state index < -0.39 is 12.3 Å². The number of hydrogen-bond acceptors (Lipinski definition) is 6. The monoisotopic (exact) mass is 383 g/mol. The smallest absolute Gasteiger partial charge is 0.339 e. The molecule has 146 valence electrons. The summed E-state index contributed by atoms with van der Waals surface area (Å²) in [6.07, 6.45) is 2.36. The lowest BCUT2D eigenvalue weighted by Crippen LogP contribution is -2.33. The summed E-state index contributed by atoms with van der Waals surface area (Å²) in [7, 11) is 0. The molecule has 0 saturated carbocycles. The third-order valence-electron chi connectivity index (χ3n) is 4.27. The number of rotatable bonds is 7. The van der Waals surface area contributed by atoms with Gasteiger partial charge in [-0.2, -0.15) is 0 Å². The summed E-state index contributed by atoms with van der Waals surface area (Å²) in [6, 6.07) is 11.0. The standard InChI is InChI=1S/C21H21NO6/c1-2-3-10-27-21-16(19(24)14-6-4-5-7-18(14)28-21)12-22-13-8-9-17(23)15(11-13)20(25)26/h4-9,11-12,21-23H,2-3,10H2,1H3,(H,25,26)/b16-12-/t21-/m0/s1. The molecule has 3 rings (SSSR count). The van der Waals surface area contributed by atoms with Gasteiger partial charge in [0.1, 0.15) is 17.1 Å². The molecule has 3 N–H and O–H groups in total. The van der Waals surface area contributed by atoms with Crippen molar-refractivity contribution in [2.45, 2.75) is 26.1 Å². The van der Waals surface area contributed by atoms with Crippen molar-refractivity contribution >= 4 is 17.4 Å². The molecule has 28 heavy (non-hydrogen) atoms. The average Bonchev–Trinajstić information content (AvgIpc) is 2.68. The van der Waals surface area contributed by atoms with Crippen LogP contribution in [0.25, 0.3) is 0 Å². The van der Waals surface area contributed by atoms with Gasteiger partial charge in [-0.1, -0.05) is 25.5 Å². The number of Topliss-reactive ketones (excluding diaryl/α,β-unsaturated/α-hetero) is 1. The van der Waals surface area contributed by atoms with Crippen molar-refractivity contribution in [1.29, 1.82) is 0 Å². The van der Waals surface area contributed by atoms with Gasteiger partial charge in [0.25, 0.3) is 0 Å². The van der Waals surface area contributed by atoms with Crippen molar-refractivity contribution in [1.82, 2.24) is 0 Å². The normalized spacial score (nSPS) is 17.1. The van der Waals surface area contributed by atoms with Gasteiger partial charge in [0.15, 0.2) is 5.78 Å². The molecular weight excluding hydrogens is 362 g/mol. The van der Waals surface area contributed by atoms with E-state index in [4.69, 9.17) is 14.6 Å². The molecule has 0 saturated heterocycles. The van der Waals surface area contributed by atoms with Crippen LogP contribution >= 0.6 is 0 Å². The molecule has 0 aromatic heterocycles. The number of nitrogens with one attached hydrogen (secondary N) is 1. The molecule has 0 amide bonds. The van der Waals surface area contributed by atoms with Crippen LogP contribution in [-0.4, -0.2) is 34.9 Å². The molecule has 2 aromatic carbocycles. The first-order valence-corrected chi connectivity index (χ1v) is 8.96. The molecule has 0 spiro atoms. The van der Waals surface area contributed by atoms with Gasteiger partial charge in [0.05, 0.1) is 17.7 Å². The lowest BCUT2D eigenvalue weighted by atomic mass is 10.00. The number of carboxylic acids is 1. The molecule has 0 radical (unpaired) electrons. The minimum absolute atomic E-state index is 0.229. The second-order valence-corrected chi connectivity index (χ2v) is 6.28. The third-order valence-corrected chi connectivity index (χ3v) is 4.27. The van der Waals surface area contributed by atoms with E-state index in [0.29, 0.717) is 23.6 Å². The number of carbonyl (C=O) groups is 2. The van der Waals surface area contributed by atoms with Gasteiger partial charge in [0, 0.05) is 11.9 Å². The van der Waals surface area contributed by atoms with Crippen LogP contribution in [0.4, 0.5) is 5.69 Å². The summed E-state index contributed by atoms with van der Waals surface area (Å²) >= 11 is 0. The van der Waals surface area contributed by atoms with Crippen molar-refractivity contribution in [2.75, 3.05) is 11.9 Å². The molecule has 0 unspecified atom stereocenters. The molecule has 7 nitrogen and oxygen atoms in total. The summed E-state index contributed by atoms with van der Waals surface area (Å²) < 4.78 is 11.6. The van der Waals surface area contributed by atoms with Crippen LogP contribution in [0.15, 0.2) is 54.2 Å². The fourth-order valence-corrected chi connectivity index (χ4v) is 2.75. The molecule has 1 aliphatic rings. The summed E-state index contributed by atoms with van der Waals surface area (Å²) in [5.41, 5.74) is 0.875. The van der Waals surface area contributed by atoms with Gasteiger partial charge in [-0.05, 0) is 36.8 Å². The average molecular weight is 383 g/mol. The van der Waals surface area contributed by atoms with Crippen molar-refractivity contribution in [3.05, 3.63) is 65.4 Å². The first-order valence-electron chi connectivity index (χ1n) is 8.96. The molecule has 1 aliphatic heterocycles. The maximum absolute atomic E-state index is 12.9. The predicted molar refractivity (Wildman–Crippen MR) is 103 cm³/mol. The van der Waals surface area contributed by atoms with E-state index in [-0.39, 0.29) is 22.7 Å². The van der Waals surface area contributed by atoms with Crippen LogP contribution < -0.4 is 10.1 Å².